The Morgan fingerprint density at radius 2 is 1.85 bits per heavy atom. The third kappa shape index (κ3) is 2.03. The average molecular weight is 297 g/mol. The lowest BCUT2D eigenvalue weighted by Crippen LogP contribution is -2.34. The first-order chi connectivity index (χ1) is 9.16. The van der Waals surface area contributed by atoms with Crippen molar-refractivity contribution < 1.29 is 13.2 Å². The molecule has 0 saturated carbocycles. The fourth-order valence-corrected chi connectivity index (χ4v) is 2.82. The second kappa shape index (κ2) is 4.51. The zero-order valence-corrected chi connectivity index (χ0v) is 12.4. The zero-order valence-electron chi connectivity index (χ0n) is 11.6. The van der Waals surface area contributed by atoms with E-state index in [-0.39, 0.29) is 0 Å². The Balaban J connectivity index is 2.74. The maximum absolute atomic E-state index is 12.2. The topological polar surface area (TPSA) is 121 Å². The first-order valence-corrected chi connectivity index (χ1v) is 7.41. The Labute approximate surface area is 116 Å². The van der Waals surface area contributed by atoms with Gasteiger partial charge in [-0.2, -0.15) is 4.98 Å². The molecule has 8 nitrogen and oxygen atoms in total. The molecule has 0 radical (unpaired) electrons. The van der Waals surface area contributed by atoms with Crippen LogP contribution < -0.4 is 5.73 Å². The molecule has 20 heavy (non-hydrogen) atoms. The van der Waals surface area contributed by atoms with Gasteiger partial charge < -0.3 is 10.3 Å². The van der Waals surface area contributed by atoms with Crippen LogP contribution in [-0.4, -0.2) is 39.1 Å². The van der Waals surface area contributed by atoms with Crippen LogP contribution in [0.4, 0.5) is 0 Å². The Hall–Kier alpha value is -2.03. The summed E-state index contributed by atoms with van der Waals surface area (Å²) in [6, 6.07) is 0. The van der Waals surface area contributed by atoms with Crippen LogP contribution in [0.5, 0.6) is 0 Å². The van der Waals surface area contributed by atoms with Crippen LogP contribution in [0, 0.1) is 13.8 Å². The summed E-state index contributed by atoms with van der Waals surface area (Å²) < 4.78 is 26.1. The van der Waals surface area contributed by atoms with E-state index in [9.17, 15) is 13.2 Å². The van der Waals surface area contributed by atoms with E-state index in [1.54, 1.807) is 25.5 Å². The number of fused-ring (bicyclic) bond motifs is 1. The van der Waals surface area contributed by atoms with Crippen molar-refractivity contribution in [3.05, 3.63) is 11.5 Å². The van der Waals surface area contributed by atoms with Crippen molar-refractivity contribution in [3.8, 4) is 0 Å². The number of rotatable bonds is 3. The minimum Gasteiger partial charge on any atom is -0.369 e. The Bertz CT molecular complexity index is 809. The van der Waals surface area contributed by atoms with E-state index < -0.39 is 26.2 Å². The van der Waals surface area contributed by atoms with Gasteiger partial charge in [-0.3, -0.25) is 4.79 Å². The Kier molecular flexibility index (Phi) is 3.24. The largest absolute Gasteiger partial charge is 0.369 e. The second-order valence-electron chi connectivity index (χ2n) is 4.57. The standard InChI is InChI=1S/C11H15N5O3S/c1-5-8-10(16(4)7(3)14-8)15-11(13-5)20(18,19)6(2)9(12)17/h6H,1-4H3,(H2,12,17). The highest BCUT2D eigenvalue weighted by molar-refractivity contribution is 7.92. The summed E-state index contributed by atoms with van der Waals surface area (Å²) in [7, 11) is -2.27. The molecule has 0 bridgehead atoms. The van der Waals surface area contributed by atoms with Gasteiger partial charge in [0.05, 0.1) is 5.69 Å². The molecule has 0 saturated heterocycles. The number of nitrogens with two attached hydrogens (primary N) is 1. The average Bonchev–Trinajstić information content (AvgIpc) is 2.65. The van der Waals surface area contributed by atoms with Crippen LogP contribution in [0.25, 0.3) is 11.2 Å². The third-order valence-electron chi connectivity index (χ3n) is 3.22. The number of hydrogen-bond donors (Lipinski definition) is 1. The highest BCUT2D eigenvalue weighted by Crippen LogP contribution is 2.19. The van der Waals surface area contributed by atoms with Crippen LogP contribution in [-0.2, 0) is 21.7 Å². The number of imidazole rings is 1. The summed E-state index contributed by atoms with van der Waals surface area (Å²) in [6.45, 7) is 4.64. The number of carbonyl (C=O) groups excluding carboxylic acids is 1. The summed E-state index contributed by atoms with van der Waals surface area (Å²) in [4.78, 5) is 23.3. The van der Waals surface area contributed by atoms with Gasteiger partial charge in [-0.25, -0.2) is 18.4 Å². The summed E-state index contributed by atoms with van der Waals surface area (Å²) in [5, 5.41) is -1.79. The summed E-state index contributed by atoms with van der Waals surface area (Å²) in [5.74, 6) is -0.248. The molecule has 1 amide bonds. The lowest BCUT2D eigenvalue weighted by atomic mass is 10.4. The van der Waals surface area contributed by atoms with Crippen molar-refractivity contribution in [3.63, 3.8) is 0 Å². The van der Waals surface area contributed by atoms with E-state index >= 15 is 0 Å². The first-order valence-electron chi connectivity index (χ1n) is 5.87. The van der Waals surface area contributed by atoms with E-state index in [4.69, 9.17) is 5.73 Å². The molecule has 2 heterocycles. The fourth-order valence-electron chi connectivity index (χ4n) is 1.72. The molecule has 0 aliphatic heterocycles. The number of aryl methyl sites for hydroxylation is 3. The number of carbonyl (C=O) groups is 1. The molecule has 1 unspecified atom stereocenters. The molecular weight excluding hydrogens is 282 g/mol. The van der Waals surface area contributed by atoms with E-state index in [0.29, 0.717) is 22.7 Å². The van der Waals surface area contributed by atoms with Crippen molar-refractivity contribution in [2.45, 2.75) is 31.2 Å². The number of nitrogens with zero attached hydrogens (tertiary/aromatic N) is 4. The van der Waals surface area contributed by atoms with Crippen molar-refractivity contribution in [1.82, 2.24) is 19.5 Å². The monoisotopic (exact) mass is 297 g/mol. The van der Waals surface area contributed by atoms with Crippen molar-refractivity contribution in [1.29, 1.82) is 0 Å². The van der Waals surface area contributed by atoms with Crippen molar-refractivity contribution >= 4 is 26.9 Å². The van der Waals surface area contributed by atoms with Crippen molar-refractivity contribution in [2.75, 3.05) is 0 Å². The van der Waals surface area contributed by atoms with Gasteiger partial charge in [-0.15, -0.1) is 0 Å². The Morgan fingerprint density at radius 3 is 2.40 bits per heavy atom. The minimum atomic E-state index is -4.00. The van der Waals surface area contributed by atoms with Gasteiger partial charge in [0.15, 0.2) is 5.65 Å². The predicted molar refractivity (Wildman–Crippen MR) is 71.6 cm³/mol. The summed E-state index contributed by atoms with van der Waals surface area (Å²) >= 11 is 0. The highest BCUT2D eigenvalue weighted by atomic mass is 32.2. The molecule has 0 spiro atoms. The van der Waals surface area contributed by atoms with E-state index in [1.807, 2.05) is 0 Å². The van der Waals surface area contributed by atoms with Crippen LogP contribution in [0.2, 0.25) is 0 Å². The van der Waals surface area contributed by atoms with Crippen LogP contribution in [0.15, 0.2) is 5.16 Å². The molecule has 2 rings (SSSR count). The van der Waals surface area contributed by atoms with Crippen LogP contribution in [0.3, 0.4) is 0 Å². The first kappa shape index (κ1) is 14.4. The molecule has 2 aromatic rings. The quantitative estimate of drug-likeness (QED) is 0.771. The molecule has 108 valence electrons. The molecule has 2 aromatic heterocycles. The molecule has 0 aliphatic rings. The summed E-state index contributed by atoms with van der Waals surface area (Å²) in [5.41, 5.74) is 6.44. The van der Waals surface area contributed by atoms with E-state index in [1.165, 1.54) is 6.92 Å². The van der Waals surface area contributed by atoms with Gasteiger partial charge in [-0.1, -0.05) is 0 Å². The molecule has 9 heteroatoms. The molecule has 2 N–H and O–H groups in total. The SMILES string of the molecule is Cc1nc(S(=O)(=O)C(C)C(N)=O)nc2c1nc(C)n2C. The smallest absolute Gasteiger partial charge is 0.250 e. The number of amides is 1. The van der Waals surface area contributed by atoms with Crippen LogP contribution in [0.1, 0.15) is 18.4 Å². The van der Waals surface area contributed by atoms with E-state index in [2.05, 4.69) is 15.0 Å². The number of primary amides is 1. The minimum absolute atomic E-state index is 0.406. The molecule has 0 aromatic carbocycles. The normalized spacial score (nSPS) is 13.6. The van der Waals surface area contributed by atoms with Crippen LogP contribution >= 0.6 is 0 Å². The number of hydrogen-bond acceptors (Lipinski definition) is 6. The third-order valence-corrected chi connectivity index (χ3v) is 5.07. The lowest BCUT2D eigenvalue weighted by molar-refractivity contribution is -0.117. The van der Waals surface area contributed by atoms with Gasteiger partial charge in [-0.05, 0) is 20.8 Å². The van der Waals surface area contributed by atoms with Gasteiger partial charge in [0.25, 0.3) is 0 Å². The van der Waals surface area contributed by atoms with Crippen molar-refractivity contribution in [2.24, 2.45) is 12.8 Å². The maximum Gasteiger partial charge on any atom is 0.250 e. The molecule has 0 aliphatic carbocycles. The lowest BCUT2D eigenvalue weighted by Gasteiger charge is -2.08. The number of sulfone groups is 1. The Morgan fingerprint density at radius 1 is 1.25 bits per heavy atom. The zero-order chi connectivity index (χ0) is 15.2. The summed E-state index contributed by atoms with van der Waals surface area (Å²) in [6.07, 6.45) is 0. The second-order valence-corrected chi connectivity index (χ2v) is 6.73. The van der Waals surface area contributed by atoms with Gasteiger partial charge >= 0.3 is 0 Å². The van der Waals surface area contributed by atoms with Gasteiger partial charge in [0.1, 0.15) is 16.6 Å². The van der Waals surface area contributed by atoms with Gasteiger partial charge in [0, 0.05) is 7.05 Å². The molecule has 1 atom stereocenters. The molecular formula is C11H15N5O3S. The highest BCUT2D eigenvalue weighted by Gasteiger charge is 2.31. The number of aromatic nitrogens is 4. The maximum atomic E-state index is 12.2. The van der Waals surface area contributed by atoms with Gasteiger partial charge in [0.2, 0.25) is 20.9 Å². The molecule has 0 fully saturated rings. The fraction of sp³-hybridized carbons (Fsp3) is 0.455. The van der Waals surface area contributed by atoms with E-state index in [0.717, 1.165) is 0 Å². The predicted octanol–water partition coefficient (Wildman–Crippen LogP) is -0.372.